The second-order valence-electron chi connectivity index (χ2n) is 2.49. The van der Waals surface area contributed by atoms with Crippen molar-refractivity contribution < 1.29 is 35.4 Å². The summed E-state index contributed by atoms with van der Waals surface area (Å²) in [5.41, 5.74) is 0. The topological polar surface area (TPSA) is 141 Å². The monoisotopic (exact) mass is 195 g/mol. The summed E-state index contributed by atoms with van der Waals surface area (Å²) in [6.07, 6.45) is -8.08. The van der Waals surface area contributed by atoms with Crippen molar-refractivity contribution in [2.45, 2.75) is 24.4 Å². The third kappa shape index (κ3) is 3.25. The van der Waals surface area contributed by atoms with E-state index in [4.69, 9.17) is 25.5 Å². The van der Waals surface area contributed by atoms with E-state index in [-0.39, 0.29) is 0 Å². The van der Waals surface area contributed by atoms with Gasteiger partial charge in [-0.1, -0.05) is 0 Å². The van der Waals surface area contributed by atoms with E-state index in [2.05, 4.69) is 0 Å². The molecule has 0 rings (SSSR count). The predicted octanol–water partition coefficient (Wildman–Crippen LogP) is -4.83. The molecule has 7 heteroatoms. The summed E-state index contributed by atoms with van der Waals surface area (Å²) in [6.45, 7) is -0.863. The number of carbonyl (C=O) groups is 1. The van der Waals surface area contributed by atoms with Crippen LogP contribution in [0.3, 0.4) is 0 Å². The molecule has 0 saturated carbocycles. The SMILES string of the molecule is O=C([O-])[C@@H](O)[C@H](O)[C@@H](O)[C@H](O)CO. The Hall–Kier alpha value is -0.730. The number of hydrogen-bond donors (Lipinski definition) is 5. The van der Waals surface area contributed by atoms with Gasteiger partial charge in [0.25, 0.3) is 0 Å². The van der Waals surface area contributed by atoms with Crippen molar-refractivity contribution in [2.24, 2.45) is 0 Å². The van der Waals surface area contributed by atoms with E-state index in [1.807, 2.05) is 0 Å². The number of carboxylic acids is 1. The van der Waals surface area contributed by atoms with Crippen molar-refractivity contribution in [3.63, 3.8) is 0 Å². The minimum atomic E-state index is -2.31. The van der Waals surface area contributed by atoms with Crippen LogP contribution < -0.4 is 5.11 Å². The maximum Gasteiger partial charge on any atom is 0.122 e. The quantitative estimate of drug-likeness (QED) is 0.296. The van der Waals surface area contributed by atoms with E-state index in [1.54, 1.807) is 0 Å². The minimum absolute atomic E-state index is 0.863. The molecule has 0 amide bonds. The van der Waals surface area contributed by atoms with Gasteiger partial charge in [0.1, 0.15) is 24.4 Å². The fraction of sp³-hybridized carbons (Fsp3) is 0.833. The van der Waals surface area contributed by atoms with Gasteiger partial charge in [-0.25, -0.2) is 0 Å². The summed E-state index contributed by atoms with van der Waals surface area (Å²) in [7, 11) is 0. The van der Waals surface area contributed by atoms with Gasteiger partial charge in [0.15, 0.2) is 0 Å². The van der Waals surface area contributed by atoms with Gasteiger partial charge in [-0.15, -0.1) is 0 Å². The standard InChI is InChI=1S/C6H12O7/c7-1-2(8)3(9)4(10)5(11)6(12)13/h2-5,7-11H,1H2,(H,12,13)/p-1/t2-,3+,4-,5+/m1/s1. The van der Waals surface area contributed by atoms with Gasteiger partial charge in [0, 0.05) is 0 Å². The molecular weight excluding hydrogens is 184 g/mol. The van der Waals surface area contributed by atoms with Gasteiger partial charge in [-0.2, -0.15) is 0 Å². The lowest BCUT2D eigenvalue weighted by Gasteiger charge is -2.25. The van der Waals surface area contributed by atoms with E-state index in [9.17, 15) is 9.90 Å². The summed E-state index contributed by atoms with van der Waals surface area (Å²) >= 11 is 0. The molecule has 4 atom stereocenters. The molecule has 0 spiro atoms. The minimum Gasteiger partial charge on any atom is -0.547 e. The highest BCUT2D eigenvalue weighted by Gasteiger charge is 2.30. The van der Waals surface area contributed by atoms with Crippen molar-refractivity contribution in [3.05, 3.63) is 0 Å². The number of rotatable bonds is 5. The fourth-order valence-corrected chi connectivity index (χ4v) is 0.662. The first kappa shape index (κ1) is 12.3. The average Bonchev–Trinajstić information content (AvgIpc) is 2.12. The Morgan fingerprint density at radius 3 is 1.92 bits per heavy atom. The zero-order valence-corrected chi connectivity index (χ0v) is 6.57. The Morgan fingerprint density at radius 2 is 1.62 bits per heavy atom. The van der Waals surface area contributed by atoms with Crippen molar-refractivity contribution in [3.8, 4) is 0 Å². The lowest BCUT2D eigenvalue weighted by atomic mass is 10.0. The average molecular weight is 195 g/mol. The van der Waals surface area contributed by atoms with Crippen LogP contribution >= 0.6 is 0 Å². The third-order valence-corrected chi connectivity index (χ3v) is 1.50. The Bertz CT molecular complexity index is 170. The van der Waals surface area contributed by atoms with Crippen LogP contribution in [0.4, 0.5) is 0 Å². The van der Waals surface area contributed by atoms with Crippen molar-refractivity contribution >= 4 is 5.97 Å². The van der Waals surface area contributed by atoms with E-state index < -0.39 is 37.0 Å². The fourth-order valence-electron chi connectivity index (χ4n) is 0.662. The molecule has 0 heterocycles. The van der Waals surface area contributed by atoms with Gasteiger partial charge in [0.05, 0.1) is 12.6 Å². The van der Waals surface area contributed by atoms with Crippen molar-refractivity contribution in [1.29, 1.82) is 0 Å². The van der Waals surface area contributed by atoms with Crippen LogP contribution in [0.2, 0.25) is 0 Å². The molecule has 7 nitrogen and oxygen atoms in total. The van der Waals surface area contributed by atoms with Crippen molar-refractivity contribution in [1.82, 2.24) is 0 Å². The van der Waals surface area contributed by atoms with Crippen LogP contribution in [-0.2, 0) is 4.79 Å². The highest BCUT2D eigenvalue weighted by Crippen LogP contribution is 2.04. The van der Waals surface area contributed by atoms with Crippen molar-refractivity contribution in [2.75, 3.05) is 6.61 Å². The summed E-state index contributed by atoms with van der Waals surface area (Å²) < 4.78 is 0. The van der Waals surface area contributed by atoms with Crippen LogP contribution in [0.15, 0.2) is 0 Å². The normalized spacial score (nSPS) is 20.4. The van der Waals surface area contributed by atoms with Crippen LogP contribution in [0.5, 0.6) is 0 Å². The molecule has 0 fully saturated rings. The first-order valence-corrected chi connectivity index (χ1v) is 3.45. The van der Waals surface area contributed by atoms with Crippen LogP contribution in [-0.4, -0.2) is 62.5 Å². The number of aliphatic carboxylic acids is 1. The van der Waals surface area contributed by atoms with E-state index in [0.29, 0.717) is 0 Å². The molecule has 13 heavy (non-hydrogen) atoms. The molecule has 0 saturated heterocycles. The van der Waals surface area contributed by atoms with Gasteiger partial charge >= 0.3 is 0 Å². The van der Waals surface area contributed by atoms with Crippen LogP contribution in [0.25, 0.3) is 0 Å². The van der Waals surface area contributed by atoms with Gasteiger partial charge < -0.3 is 35.4 Å². The molecule has 0 aliphatic heterocycles. The molecule has 0 aromatic heterocycles. The van der Waals surface area contributed by atoms with E-state index in [0.717, 1.165) is 0 Å². The lowest BCUT2D eigenvalue weighted by molar-refractivity contribution is -0.320. The number of carboxylic acid groups (broad SMARTS) is 1. The van der Waals surface area contributed by atoms with Gasteiger partial charge in [-0.05, 0) is 0 Å². The second-order valence-corrected chi connectivity index (χ2v) is 2.49. The first-order chi connectivity index (χ1) is 5.91. The van der Waals surface area contributed by atoms with Crippen LogP contribution in [0.1, 0.15) is 0 Å². The molecule has 0 aromatic carbocycles. The molecule has 0 radical (unpaired) electrons. The Kier molecular flexibility index (Phi) is 4.81. The number of hydrogen-bond acceptors (Lipinski definition) is 7. The lowest BCUT2D eigenvalue weighted by Crippen LogP contribution is -2.52. The second kappa shape index (κ2) is 5.10. The zero-order valence-electron chi connectivity index (χ0n) is 6.57. The highest BCUT2D eigenvalue weighted by atomic mass is 16.4. The van der Waals surface area contributed by atoms with Gasteiger partial charge in [-0.3, -0.25) is 0 Å². The molecule has 0 bridgehead atoms. The Morgan fingerprint density at radius 1 is 1.15 bits per heavy atom. The molecule has 0 aliphatic rings. The first-order valence-electron chi connectivity index (χ1n) is 3.45. The summed E-state index contributed by atoms with van der Waals surface area (Å²) in [5, 5.41) is 53.4. The Labute approximate surface area is 73.5 Å². The van der Waals surface area contributed by atoms with E-state index in [1.165, 1.54) is 0 Å². The maximum atomic E-state index is 9.98. The molecule has 5 N–H and O–H groups in total. The molecule has 0 aromatic rings. The highest BCUT2D eigenvalue weighted by molar-refractivity contribution is 5.70. The predicted molar refractivity (Wildman–Crippen MR) is 36.1 cm³/mol. The Balaban J connectivity index is 4.24. The van der Waals surface area contributed by atoms with E-state index >= 15 is 0 Å². The summed E-state index contributed by atoms with van der Waals surface area (Å²) in [5.74, 6) is -1.98. The molecular formula is C6H11O7-. The van der Waals surface area contributed by atoms with Gasteiger partial charge in [0.2, 0.25) is 0 Å². The summed E-state index contributed by atoms with van der Waals surface area (Å²) in [4.78, 5) is 9.98. The third-order valence-electron chi connectivity index (χ3n) is 1.50. The van der Waals surface area contributed by atoms with Crippen LogP contribution in [0, 0.1) is 0 Å². The number of aliphatic hydroxyl groups is 5. The largest absolute Gasteiger partial charge is 0.547 e. The number of aliphatic hydroxyl groups excluding tert-OH is 5. The maximum absolute atomic E-state index is 9.98. The smallest absolute Gasteiger partial charge is 0.122 e. The molecule has 0 unspecified atom stereocenters. The summed E-state index contributed by atoms with van der Waals surface area (Å²) in [6, 6.07) is 0. The molecule has 0 aliphatic carbocycles. The molecule has 78 valence electrons. The number of carbonyl (C=O) groups excluding carboxylic acids is 1. The zero-order chi connectivity index (χ0) is 10.6.